The second kappa shape index (κ2) is 7.65. The Bertz CT molecular complexity index is 906. The summed E-state index contributed by atoms with van der Waals surface area (Å²) < 4.78 is 30.3. The van der Waals surface area contributed by atoms with Crippen LogP contribution in [0.4, 0.5) is 0 Å². The quantitative estimate of drug-likeness (QED) is 0.781. The molecule has 1 saturated heterocycles. The standard InChI is InChI=1S/C18H28N6O2S/c1-13(2)24-16(9-10-19-24)15-12-14(3)20-18(21-15)17-8-6-7-11-23(17)27(25,26)22(4)5/h9-10,12-13,17H,6-8,11H2,1-5H3/t17-/m0/s1. The third-order valence-corrected chi connectivity index (χ3v) is 6.76. The average molecular weight is 393 g/mol. The van der Waals surface area contributed by atoms with E-state index in [0.717, 1.165) is 36.3 Å². The van der Waals surface area contributed by atoms with Gasteiger partial charge in [-0.1, -0.05) is 6.42 Å². The zero-order valence-electron chi connectivity index (χ0n) is 16.6. The normalized spacial score (nSPS) is 19.1. The molecule has 1 fully saturated rings. The summed E-state index contributed by atoms with van der Waals surface area (Å²) in [5, 5.41) is 4.38. The molecule has 148 valence electrons. The molecule has 0 aliphatic carbocycles. The van der Waals surface area contributed by atoms with Crippen LogP contribution in [0.5, 0.6) is 0 Å². The summed E-state index contributed by atoms with van der Waals surface area (Å²) in [7, 11) is -0.409. The summed E-state index contributed by atoms with van der Waals surface area (Å²) in [6.45, 7) is 6.54. The second-order valence-corrected chi connectivity index (χ2v) is 9.51. The predicted molar refractivity (Wildman–Crippen MR) is 104 cm³/mol. The summed E-state index contributed by atoms with van der Waals surface area (Å²) in [5.74, 6) is 0.562. The molecule has 2 aromatic heterocycles. The summed E-state index contributed by atoms with van der Waals surface area (Å²) >= 11 is 0. The highest BCUT2D eigenvalue weighted by Crippen LogP contribution is 2.33. The fourth-order valence-electron chi connectivity index (χ4n) is 3.45. The van der Waals surface area contributed by atoms with Gasteiger partial charge in [-0.25, -0.2) is 9.97 Å². The van der Waals surface area contributed by atoms with E-state index in [1.807, 2.05) is 23.7 Å². The molecule has 0 bridgehead atoms. The molecule has 1 atom stereocenters. The molecule has 1 aliphatic heterocycles. The van der Waals surface area contributed by atoms with Crippen LogP contribution in [0, 0.1) is 6.92 Å². The highest BCUT2D eigenvalue weighted by atomic mass is 32.2. The summed E-state index contributed by atoms with van der Waals surface area (Å²) in [6, 6.07) is 3.71. The van der Waals surface area contributed by atoms with E-state index in [1.54, 1.807) is 20.3 Å². The maximum Gasteiger partial charge on any atom is 0.282 e. The first-order valence-electron chi connectivity index (χ1n) is 9.30. The Morgan fingerprint density at radius 2 is 1.96 bits per heavy atom. The van der Waals surface area contributed by atoms with E-state index in [2.05, 4.69) is 23.9 Å². The van der Waals surface area contributed by atoms with E-state index in [9.17, 15) is 8.42 Å². The lowest BCUT2D eigenvalue weighted by Crippen LogP contribution is -2.45. The van der Waals surface area contributed by atoms with E-state index >= 15 is 0 Å². The van der Waals surface area contributed by atoms with Gasteiger partial charge in [0.2, 0.25) is 0 Å². The van der Waals surface area contributed by atoms with Crippen molar-refractivity contribution >= 4 is 10.2 Å². The molecule has 2 aromatic rings. The van der Waals surface area contributed by atoms with Gasteiger partial charge in [-0.05, 0) is 45.7 Å². The topological polar surface area (TPSA) is 84.2 Å². The summed E-state index contributed by atoms with van der Waals surface area (Å²) in [6.07, 6.45) is 4.29. The number of aromatic nitrogens is 4. The number of rotatable bonds is 5. The van der Waals surface area contributed by atoms with Crippen LogP contribution in [0.1, 0.15) is 56.7 Å². The van der Waals surface area contributed by atoms with Crippen LogP contribution in [0.3, 0.4) is 0 Å². The maximum atomic E-state index is 12.8. The first-order valence-corrected chi connectivity index (χ1v) is 10.7. The van der Waals surface area contributed by atoms with Crippen LogP contribution in [0.15, 0.2) is 18.3 Å². The maximum absolute atomic E-state index is 12.8. The lowest BCUT2D eigenvalue weighted by molar-refractivity contribution is 0.234. The minimum atomic E-state index is -3.53. The number of hydrogen-bond donors (Lipinski definition) is 0. The van der Waals surface area contributed by atoms with Crippen molar-refractivity contribution in [1.82, 2.24) is 28.4 Å². The molecule has 9 heteroatoms. The highest BCUT2D eigenvalue weighted by Gasteiger charge is 2.36. The first kappa shape index (κ1) is 19.9. The second-order valence-electron chi connectivity index (χ2n) is 7.42. The Kier molecular flexibility index (Phi) is 5.64. The molecule has 8 nitrogen and oxygen atoms in total. The van der Waals surface area contributed by atoms with Gasteiger partial charge in [0.15, 0.2) is 0 Å². The average Bonchev–Trinajstić information content (AvgIpc) is 3.11. The molecular weight excluding hydrogens is 364 g/mol. The van der Waals surface area contributed by atoms with E-state index in [-0.39, 0.29) is 12.1 Å². The van der Waals surface area contributed by atoms with Crippen molar-refractivity contribution in [2.24, 2.45) is 0 Å². The van der Waals surface area contributed by atoms with E-state index in [4.69, 9.17) is 4.98 Å². The van der Waals surface area contributed by atoms with Gasteiger partial charge in [0.25, 0.3) is 10.2 Å². The van der Waals surface area contributed by atoms with Crippen LogP contribution in [0.2, 0.25) is 0 Å². The van der Waals surface area contributed by atoms with Gasteiger partial charge in [-0.15, -0.1) is 0 Å². The Labute approximate surface area is 161 Å². The molecule has 0 spiro atoms. The van der Waals surface area contributed by atoms with E-state index < -0.39 is 10.2 Å². The predicted octanol–water partition coefficient (Wildman–Crippen LogP) is 2.56. The SMILES string of the molecule is Cc1cc(-c2ccnn2C(C)C)nc([C@@H]2CCCCN2S(=O)(=O)N(C)C)n1. The Morgan fingerprint density at radius 3 is 2.63 bits per heavy atom. The lowest BCUT2D eigenvalue weighted by atomic mass is 10.0. The third-order valence-electron chi connectivity index (χ3n) is 4.80. The van der Waals surface area contributed by atoms with Gasteiger partial charge in [-0.2, -0.15) is 22.1 Å². The molecular formula is C18H28N6O2S. The number of piperidine rings is 1. The minimum Gasteiger partial charge on any atom is -0.261 e. The Hall–Kier alpha value is -1.84. The van der Waals surface area contributed by atoms with Crippen molar-refractivity contribution in [1.29, 1.82) is 0 Å². The van der Waals surface area contributed by atoms with Crippen molar-refractivity contribution in [2.45, 2.75) is 52.1 Å². The van der Waals surface area contributed by atoms with Gasteiger partial charge in [-0.3, -0.25) is 4.68 Å². The van der Waals surface area contributed by atoms with Crippen LogP contribution in [-0.2, 0) is 10.2 Å². The molecule has 0 N–H and O–H groups in total. The van der Waals surface area contributed by atoms with Crippen LogP contribution in [0.25, 0.3) is 11.4 Å². The molecule has 1 aliphatic rings. The molecule has 3 heterocycles. The third kappa shape index (κ3) is 3.90. The zero-order chi connectivity index (χ0) is 19.8. The number of hydrogen-bond acceptors (Lipinski definition) is 5. The molecule has 0 amide bonds. The largest absolute Gasteiger partial charge is 0.282 e. The number of nitrogens with zero attached hydrogens (tertiary/aromatic N) is 6. The van der Waals surface area contributed by atoms with Gasteiger partial charge >= 0.3 is 0 Å². The molecule has 0 saturated carbocycles. The van der Waals surface area contributed by atoms with Crippen molar-refractivity contribution in [2.75, 3.05) is 20.6 Å². The van der Waals surface area contributed by atoms with E-state index in [0.29, 0.717) is 12.4 Å². The lowest BCUT2D eigenvalue weighted by Gasteiger charge is -2.35. The van der Waals surface area contributed by atoms with Crippen molar-refractivity contribution in [3.05, 3.63) is 29.8 Å². The number of aryl methyl sites for hydroxylation is 1. The van der Waals surface area contributed by atoms with Gasteiger partial charge in [0, 0.05) is 38.6 Å². The fraction of sp³-hybridized carbons (Fsp3) is 0.611. The van der Waals surface area contributed by atoms with Crippen LogP contribution in [-0.4, -0.2) is 57.4 Å². The van der Waals surface area contributed by atoms with Crippen molar-refractivity contribution in [3.63, 3.8) is 0 Å². The van der Waals surface area contributed by atoms with Crippen molar-refractivity contribution in [3.8, 4) is 11.4 Å². The Balaban J connectivity index is 2.06. The molecule has 0 aromatic carbocycles. The molecule has 27 heavy (non-hydrogen) atoms. The highest BCUT2D eigenvalue weighted by molar-refractivity contribution is 7.86. The van der Waals surface area contributed by atoms with Crippen LogP contribution >= 0.6 is 0 Å². The fourth-order valence-corrected chi connectivity index (χ4v) is 4.75. The summed E-state index contributed by atoms with van der Waals surface area (Å²) in [4.78, 5) is 9.37. The molecule has 0 radical (unpaired) electrons. The van der Waals surface area contributed by atoms with Gasteiger partial charge < -0.3 is 0 Å². The monoisotopic (exact) mass is 392 g/mol. The smallest absolute Gasteiger partial charge is 0.261 e. The van der Waals surface area contributed by atoms with Crippen LogP contribution < -0.4 is 0 Å². The first-order chi connectivity index (χ1) is 12.7. The Morgan fingerprint density at radius 1 is 1.22 bits per heavy atom. The molecule has 3 rings (SSSR count). The van der Waals surface area contributed by atoms with Gasteiger partial charge in [0.1, 0.15) is 5.82 Å². The van der Waals surface area contributed by atoms with E-state index in [1.165, 1.54) is 8.61 Å². The van der Waals surface area contributed by atoms with Crippen molar-refractivity contribution < 1.29 is 8.42 Å². The minimum absolute atomic E-state index is 0.203. The molecule has 0 unspecified atom stereocenters. The van der Waals surface area contributed by atoms with Gasteiger partial charge in [0.05, 0.1) is 17.4 Å². The zero-order valence-corrected chi connectivity index (χ0v) is 17.4. The summed E-state index contributed by atoms with van der Waals surface area (Å²) in [5.41, 5.74) is 2.50.